The SMILES string of the molecule is NC(N)=NCCCC(NC(=O)c1ccccc1C(F)(F)F)C(=O)c1nc2ccccc2s1. The van der Waals surface area contributed by atoms with Crippen LogP contribution >= 0.6 is 11.3 Å². The molecule has 3 rings (SSSR count). The fourth-order valence-electron chi connectivity index (χ4n) is 3.06. The second kappa shape index (κ2) is 9.77. The number of ketones is 1. The lowest BCUT2D eigenvalue weighted by atomic mass is 10.0. The van der Waals surface area contributed by atoms with Crippen LogP contribution in [0.4, 0.5) is 13.2 Å². The number of nitrogens with two attached hydrogens (primary N) is 2. The van der Waals surface area contributed by atoms with Crippen LogP contribution in [0, 0.1) is 0 Å². The van der Waals surface area contributed by atoms with Gasteiger partial charge in [0.25, 0.3) is 5.91 Å². The van der Waals surface area contributed by atoms with E-state index in [-0.39, 0.29) is 23.9 Å². The van der Waals surface area contributed by atoms with Gasteiger partial charge in [0.15, 0.2) is 11.0 Å². The number of halogens is 3. The Morgan fingerprint density at radius 1 is 1.09 bits per heavy atom. The number of rotatable bonds is 8. The Labute approximate surface area is 185 Å². The molecule has 1 heterocycles. The summed E-state index contributed by atoms with van der Waals surface area (Å²) >= 11 is 1.15. The highest BCUT2D eigenvalue weighted by molar-refractivity contribution is 7.20. The van der Waals surface area contributed by atoms with Crippen LogP contribution in [-0.2, 0) is 6.18 Å². The molecule has 32 heavy (non-hydrogen) atoms. The number of nitrogens with one attached hydrogen (secondary N) is 1. The highest BCUT2D eigenvalue weighted by Gasteiger charge is 2.35. The standard InChI is InChI=1S/C21H20F3N5O2S/c22-21(23,24)13-7-2-1-6-12(13)18(31)28-15(9-5-11-27-20(25)26)17(30)19-29-14-8-3-4-10-16(14)32-19/h1-4,6-8,10,15H,5,9,11H2,(H,28,31)(H4,25,26,27). The van der Waals surface area contributed by atoms with E-state index in [0.29, 0.717) is 11.9 Å². The molecule has 0 saturated heterocycles. The van der Waals surface area contributed by atoms with E-state index in [1.807, 2.05) is 0 Å². The first-order chi connectivity index (χ1) is 15.2. The third-order valence-electron chi connectivity index (χ3n) is 4.55. The summed E-state index contributed by atoms with van der Waals surface area (Å²) in [5.41, 5.74) is 9.56. The number of benzene rings is 2. The summed E-state index contributed by atoms with van der Waals surface area (Å²) in [5, 5.41) is 2.60. The van der Waals surface area contributed by atoms with Crippen LogP contribution in [0.1, 0.15) is 38.6 Å². The van der Waals surface area contributed by atoms with E-state index in [1.165, 1.54) is 12.1 Å². The summed E-state index contributed by atoms with van der Waals surface area (Å²) in [7, 11) is 0. The van der Waals surface area contributed by atoms with Gasteiger partial charge in [0.2, 0.25) is 5.78 Å². The van der Waals surface area contributed by atoms with Gasteiger partial charge >= 0.3 is 6.18 Å². The number of aromatic nitrogens is 1. The average Bonchev–Trinajstić information content (AvgIpc) is 3.18. The molecule has 0 radical (unpaired) electrons. The van der Waals surface area contributed by atoms with Crippen molar-refractivity contribution in [2.45, 2.75) is 25.1 Å². The van der Waals surface area contributed by atoms with Gasteiger partial charge in [0.1, 0.15) is 0 Å². The normalized spacial score (nSPS) is 12.3. The van der Waals surface area contributed by atoms with Gasteiger partial charge in [-0.3, -0.25) is 14.6 Å². The molecule has 1 aromatic heterocycles. The number of nitrogens with zero attached hydrogens (tertiary/aromatic N) is 2. The molecule has 168 valence electrons. The van der Waals surface area contributed by atoms with Gasteiger partial charge in [-0.15, -0.1) is 11.3 Å². The van der Waals surface area contributed by atoms with Crippen molar-refractivity contribution in [1.82, 2.24) is 10.3 Å². The number of hydrogen-bond acceptors (Lipinski definition) is 5. The molecule has 2 aromatic carbocycles. The van der Waals surface area contributed by atoms with E-state index in [9.17, 15) is 22.8 Å². The predicted molar refractivity (Wildman–Crippen MR) is 117 cm³/mol. The third-order valence-corrected chi connectivity index (χ3v) is 5.60. The van der Waals surface area contributed by atoms with Crippen LogP contribution in [0.2, 0.25) is 0 Å². The van der Waals surface area contributed by atoms with Crippen molar-refractivity contribution in [3.63, 3.8) is 0 Å². The van der Waals surface area contributed by atoms with E-state index in [2.05, 4.69) is 15.3 Å². The predicted octanol–water partition coefficient (Wildman–Crippen LogP) is 3.35. The Kier molecular flexibility index (Phi) is 7.08. The largest absolute Gasteiger partial charge is 0.417 e. The second-order valence-corrected chi connectivity index (χ2v) is 7.90. The number of fused-ring (bicyclic) bond motifs is 1. The summed E-state index contributed by atoms with van der Waals surface area (Å²) in [6.07, 6.45) is -4.28. The van der Waals surface area contributed by atoms with Gasteiger partial charge in [-0.1, -0.05) is 24.3 Å². The number of aliphatic imine (C=N–C) groups is 1. The first kappa shape index (κ1) is 23.2. The molecule has 0 fully saturated rings. The fourth-order valence-corrected chi connectivity index (χ4v) is 4.02. The average molecular weight is 463 g/mol. The maximum atomic E-state index is 13.3. The first-order valence-electron chi connectivity index (χ1n) is 9.59. The molecule has 1 amide bonds. The molecule has 7 nitrogen and oxygen atoms in total. The molecule has 0 aliphatic carbocycles. The lowest BCUT2D eigenvalue weighted by Crippen LogP contribution is -2.41. The van der Waals surface area contributed by atoms with Gasteiger partial charge in [-0.05, 0) is 37.1 Å². The third kappa shape index (κ3) is 5.61. The maximum absolute atomic E-state index is 13.3. The zero-order valence-corrected chi connectivity index (χ0v) is 17.5. The zero-order valence-electron chi connectivity index (χ0n) is 16.7. The van der Waals surface area contributed by atoms with Gasteiger partial charge in [-0.2, -0.15) is 13.2 Å². The number of para-hydroxylation sites is 1. The van der Waals surface area contributed by atoms with E-state index in [4.69, 9.17) is 11.5 Å². The molecule has 0 bridgehead atoms. The number of hydrogen-bond donors (Lipinski definition) is 3. The molecule has 1 unspecified atom stereocenters. The minimum Gasteiger partial charge on any atom is -0.370 e. The van der Waals surface area contributed by atoms with E-state index >= 15 is 0 Å². The fraction of sp³-hybridized carbons (Fsp3) is 0.238. The zero-order chi connectivity index (χ0) is 23.3. The summed E-state index contributed by atoms with van der Waals surface area (Å²) in [6.45, 7) is 0.195. The number of guanidine groups is 1. The Hall–Kier alpha value is -3.47. The minimum atomic E-state index is -4.71. The monoisotopic (exact) mass is 463 g/mol. The minimum absolute atomic E-state index is 0.117. The number of alkyl halides is 3. The van der Waals surface area contributed by atoms with Crippen molar-refractivity contribution in [3.05, 3.63) is 64.7 Å². The molecule has 3 aromatic rings. The van der Waals surface area contributed by atoms with Crippen molar-refractivity contribution < 1.29 is 22.8 Å². The molecular weight excluding hydrogens is 443 g/mol. The van der Waals surface area contributed by atoms with E-state index in [1.54, 1.807) is 24.3 Å². The van der Waals surface area contributed by atoms with Crippen LogP contribution in [0.25, 0.3) is 10.2 Å². The number of thiazole rings is 1. The smallest absolute Gasteiger partial charge is 0.370 e. The van der Waals surface area contributed by atoms with Gasteiger partial charge < -0.3 is 16.8 Å². The van der Waals surface area contributed by atoms with Crippen molar-refractivity contribution in [2.24, 2.45) is 16.5 Å². The lowest BCUT2D eigenvalue weighted by molar-refractivity contribution is -0.137. The molecule has 5 N–H and O–H groups in total. The topological polar surface area (TPSA) is 123 Å². The Bertz CT molecular complexity index is 1120. The van der Waals surface area contributed by atoms with Crippen LogP contribution in [0.5, 0.6) is 0 Å². The van der Waals surface area contributed by atoms with E-state index < -0.39 is 35.0 Å². The first-order valence-corrected chi connectivity index (χ1v) is 10.4. The molecule has 0 aliphatic rings. The van der Waals surface area contributed by atoms with Gasteiger partial charge in [0, 0.05) is 6.54 Å². The number of amides is 1. The van der Waals surface area contributed by atoms with Crippen molar-refractivity contribution in [2.75, 3.05) is 6.54 Å². The van der Waals surface area contributed by atoms with Crippen LogP contribution < -0.4 is 16.8 Å². The summed E-state index contributed by atoms with van der Waals surface area (Å²) in [6, 6.07) is 10.4. The molecule has 0 saturated carbocycles. The Morgan fingerprint density at radius 2 is 1.78 bits per heavy atom. The number of Topliss-reactive ketones (excluding diaryl/α,β-unsaturated/α-hetero) is 1. The molecular formula is C21H20F3N5O2S. The lowest BCUT2D eigenvalue weighted by Gasteiger charge is -2.18. The second-order valence-electron chi connectivity index (χ2n) is 6.87. The molecule has 1 atom stereocenters. The van der Waals surface area contributed by atoms with Crippen molar-refractivity contribution in [3.8, 4) is 0 Å². The molecule has 0 aliphatic heterocycles. The van der Waals surface area contributed by atoms with E-state index in [0.717, 1.165) is 28.2 Å². The van der Waals surface area contributed by atoms with Crippen LogP contribution in [0.15, 0.2) is 53.5 Å². The molecule has 11 heteroatoms. The van der Waals surface area contributed by atoms with Gasteiger partial charge in [0.05, 0.1) is 27.4 Å². The van der Waals surface area contributed by atoms with Crippen molar-refractivity contribution >= 4 is 39.2 Å². The Morgan fingerprint density at radius 3 is 2.47 bits per heavy atom. The number of carbonyl (C=O) groups is 2. The maximum Gasteiger partial charge on any atom is 0.417 e. The highest BCUT2D eigenvalue weighted by Crippen LogP contribution is 2.32. The molecule has 0 spiro atoms. The quantitative estimate of drug-likeness (QED) is 0.205. The van der Waals surface area contributed by atoms with Crippen LogP contribution in [0.3, 0.4) is 0 Å². The number of carbonyl (C=O) groups excluding carboxylic acids is 2. The Balaban J connectivity index is 1.86. The van der Waals surface area contributed by atoms with Gasteiger partial charge in [-0.25, -0.2) is 4.98 Å². The van der Waals surface area contributed by atoms with Crippen molar-refractivity contribution in [1.29, 1.82) is 0 Å². The highest BCUT2D eigenvalue weighted by atomic mass is 32.1. The summed E-state index contributed by atoms with van der Waals surface area (Å²) in [5.74, 6) is -1.62. The van der Waals surface area contributed by atoms with Crippen LogP contribution in [-0.4, -0.2) is 35.2 Å². The summed E-state index contributed by atoms with van der Waals surface area (Å²) in [4.78, 5) is 34.0. The summed E-state index contributed by atoms with van der Waals surface area (Å²) < 4.78 is 40.7.